The molecule has 17 heavy (non-hydrogen) atoms. The highest BCUT2D eigenvalue weighted by Crippen LogP contribution is 2.23. The van der Waals surface area contributed by atoms with Gasteiger partial charge in [0.1, 0.15) is 0 Å². The van der Waals surface area contributed by atoms with Crippen molar-refractivity contribution in [3.05, 3.63) is 0 Å². The number of rotatable bonds is 5. The Morgan fingerprint density at radius 2 is 2.12 bits per heavy atom. The highest BCUT2D eigenvalue weighted by Gasteiger charge is 2.36. The summed E-state index contributed by atoms with van der Waals surface area (Å²) >= 11 is 0. The molecule has 1 amide bonds. The molecule has 1 fully saturated rings. The second-order valence-corrected chi connectivity index (χ2v) is 5.09. The molecule has 0 bridgehead atoms. The predicted molar refractivity (Wildman–Crippen MR) is 64.4 cm³/mol. The molecule has 0 aromatic heterocycles. The van der Waals surface area contributed by atoms with E-state index in [0.717, 1.165) is 12.8 Å². The van der Waals surface area contributed by atoms with Crippen LogP contribution in [0.15, 0.2) is 0 Å². The molecular weight excluding hydrogens is 220 g/mol. The number of likely N-dealkylation sites (tertiary alicyclic amines) is 1. The van der Waals surface area contributed by atoms with E-state index in [2.05, 4.69) is 0 Å². The Balaban J connectivity index is 2.37. The molecule has 1 aliphatic heterocycles. The van der Waals surface area contributed by atoms with Crippen molar-refractivity contribution in [3.8, 4) is 0 Å². The zero-order chi connectivity index (χ0) is 13.0. The number of carbonyl (C=O) groups excluding carboxylic acids is 1. The van der Waals surface area contributed by atoms with Crippen LogP contribution in [0.3, 0.4) is 0 Å². The second-order valence-electron chi connectivity index (χ2n) is 5.09. The first-order valence-corrected chi connectivity index (χ1v) is 6.18. The van der Waals surface area contributed by atoms with E-state index >= 15 is 0 Å². The van der Waals surface area contributed by atoms with Crippen molar-refractivity contribution < 1.29 is 14.7 Å². The van der Waals surface area contributed by atoms with Crippen molar-refractivity contribution in [2.45, 2.75) is 39.2 Å². The third kappa shape index (κ3) is 4.00. The molecule has 1 heterocycles. The zero-order valence-corrected chi connectivity index (χ0v) is 10.6. The summed E-state index contributed by atoms with van der Waals surface area (Å²) in [6.45, 7) is 4.72. The van der Waals surface area contributed by atoms with Crippen molar-refractivity contribution in [1.82, 2.24) is 4.90 Å². The lowest BCUT2D eigenvalue weighted by molar-refractivity contribution is -0.142. The SMILES string of the molecule is CC(N)CCCC(=O)N1CC(C)C(C(=O)O)C1. The fourth-order valence-electron chi connectivity index (χ4n) is 2.23. The summed E-state index contributed by atoms with van der Waals surface area (Å²) in [6.07, 6.45) is 2.08. The maximum Gasteiger partial charge on any atom is 0.308 e. The molecule has 0 radical (unpaired) electrons. The zero-order valence-electron chi connectivity index (χ0n) is 10.6. The normalized spacial score (nSPS) is 25.9. The van der Waals surface area contributed by atoms with Crippen LogP contribution in [0.2, 0.25) is 0 Å². The molecule has 1 saturated heterocycles. The largest absolute Gasteiger partial charge is 0.481 e. The number of aliphatic carboxylic acids is 1. The Labute approximate surface area is 102 Å². The molecule has 3 unspecified atom stereocenters. The van der Waals surface area contributed by atoms with Gasteiger partial charge in [-0.1, -0.05) is 6.92 Å². The van der Waals surface area contributed by atoms with E-state index in [4.69, 9.17) is 10.8 Å². The molecule has 98 valence electrons. The molecule has 0 aromatic rings. The Hall–Kier alpha value is -1.10. The lowest BCUT2D eigenvalue weighted by Crippen LogP contribution is -2.30. The van der Waals surface area contributed by atoms with E-state index in [1.165, 1.54) is 0 Å². The van der Waals surface area contributed by atoms with Crippen LogP contribution in [-0.4, -0.2) is 41.0 Å². The Kier molecular flexibility index (Phi) is 4.93. The number of amides is 1. The van der Waals surface area contributed by atoms with Crippen LogP contribution in [-0.2, 0) is 9.59 Å². The van der Waals surface area contributed by atoms with Gasteiger partial charge in [0, 0.05) is 25.6 Å². The van der Waals surface area contributed by atoms with Crippen LogP contribution in [0.25, 0.3) is 0 Å². The summed E-state index contributed by atoms with van der Waals surface area (Å²) < 4.78 is 0. The smallest absolute Gasteiger partial charge is 0.308 e. The number of nitrogens with zero attached hydrogens (tertiary/aromatic N) is 1. The Morgan fingerprint density at radius 3 is 2.59 bits per heavy atom. The molecule has 1 rings (SSSR count). The lowest BCUT2D eigenvalue weighted by atomic mass is 9.99. The molecule has 1 aliphatic rings. The summed E-state index contributed by atoms with van der Waals surface area (Å²) in [7, 11) is 0. The third-order valence-corrected chi connectivity index (χ3v) is 3.33. The van der Waals surface area contributed by atoms with E-state index in [0.29, 0.717) is 19.5 Å². The third-order valence-electron chi connectivity index (χ3n) is 3.33. The standard InChI is InChI=1S/C12H22N2O3/c1-8-6-14(7-10(8)12(16)17)11(15)5-3-4-9(2)13/h8-10H,3-7,13H2,1-2H3,(H,16,17). The highest BCUT2D eigenvalue weighted by molar-refractivity contribution is 5.78. The van der Waals surface area contributed by atoms with Gasteiger partial charge in [0.25, 0.3) is 0 Å². The van der Waals surface area contributed by atoms with Gasteiger partial charge in [-0.25, -0.2) is 0 Å². The van der Waals surface area contributed by atoms with Gasteiger partial charge in [-0.15, -0.1) is 0 Å². The van der Waals surface area contributed by atoms with Gasteiger partial charge >= 0.3 is 5.97 Å². The molecule has 5 heteroatoms. The van der Waals surface area contributed by atoms with Crippen LogP contribution in [0.5, 0.6) is 0 Å². The second kappa shape index (κ2) is 6.00. The summed E-state index contributed by atoms with van der Waals surface area (Å²) in [5, 5.41) is 8.98. The molecule has 0 spiro atoms. The van der Waals surface area contributed by atoms with E-state index < -0.39 is 11.9 Å². The van der Waals surface area contributed by atoms with E-state index in [1.54, 1.807) is 4.90 Å². The van der Waals surface area contributed by atoms with Gasteiger partial charge in [0.15, 0.2) is 0 Å². The summed E-state index contributed by atoms with van der Waals surface area (Å²) in [5.41, 5.74) is 5.61. The van der Waals surface area contributed by atoms with Crippen molar-refractivity contribution in [2.75, 3.05) is 13.1 Å². The minimum atomic E-state index is -0.802. The predicted octanol–water partition coefficient (Wildman–Crippen LogP) is 0.683. The first kappa shape index (κ1) is 14.0. The molecular formula is C12H22N2O3. The van der Waals surface area contributed by atoms with E-state index in [-0.39, 0.29) is 17.9 Å². The molecule has 0 saturated carbocycles. The number of nitrogens with two attached hydrogens (primary N) is 1. The number of carboxylic acids is 1. The first-order valence-electron chi connectivity index (χ1n) is 6.18. The minimum absolute atomic E-state index is 0.0462. The van der Waals surface area contributed by atoms with Crippen LogP contribution in [0.4, 0.5) is 0 Å². The number of carboxylic acid groups (broad SMARTS) is 1. The van der Waals surface area contributed by atoms with Gasteiger partial charge in [0.05, 0.1) is 5.92 Å². The van der Waals surface area contributed by atoms with Crippen LogP contribution in [0.1, 0.15) is 33.1 Å². The van der Waals surface area contributed by atoms with E-state index in [1.807, 2.05) is 13.8 Å². The van der Waals surface area contributed by atoms with Crippen molar-refractivity contribution in [2.24, 2.45) is 17.6 Å². The van der Waals surface area contributed by atoms with Gasteiger partial charge in [-0.3, -0.25) is 9.59 Å². The monoisotopic (exact) mass is 242 g/mol. The van der Waals surface area contributed by atoms with Gasteiger partial charge in [-0.2, -0.15) is 0 Å². The molecule has 3 atom stereocenters. The van der Waals surface area contributed by atoms with Crippen molar-refractivity contribution >= 4 is 11.9 Å². The fraction of sp³-hybridized carbons (Fsp3) is 0.833. The average Bonchev–Trinajstić information content (AvgIpc) is 2.59. The van der Waals surface area contributed by atoms with Crippen LogP contribution < -0.4 is 5.73 Å². The number of carbonyl (C=O) groups is 2. The number of hydrogen-bond donors (Lipinski definition) is 2. The van der Waals surface area contributed by atoms with Crippen molar-refractivity contribution in [3.63, 3.8) is 0 Å². The van der Waals surface area contributed by atoms with Gasteiger partial charge in [-0.05, 0) is 25.7 Å². The van der Waals surface area contributed by atoms with Crippen LogP contribution in [0, 0.1) is 11.8 Å². The number of hydrogen-bond acceptors (Lipinski definition) is 3. The minimum Gasteiger partial charge on any atom is -0.481 e. The summed E-state index contributed by atoms with van der Waals surface area (Å²) in [5.74, 6) is -1.11. The van der Waals surface area contributed by atoms with Crippen LogP contribution >= 0.6 is 0 Å². The first-order chi connectivity index (χ1) is 7.91. The van der Waals surface area contributed by atoms with Gasteiger partial charge < -0.3 is 15.7 Å². The molecule has 0 aliphatic carbocycles. The van der Waals surface area contributed by atoms with E-state index in [9.17, 15) is 9.59 Å². The van der Waals surface area contributed by atoms with Gasteiger partial charge in [0.2, 0.25) is 5.91 Å². The topological polar surface area (TPSA) is 83.6 Å². The highest BCUT2D eigenvalue weighted by atomic mass is 16.4. The lowest BCUT2D eigenvalue weighted by Gasteiger charge is -2.16. The summed E-state index contributed by atoms with van der Waals surface area (Å²) in [4.78, 5) is 24.4. The molecule has 5 nitrogen and oxygen atoms in total. The molecule has 3 N–H and O–H groups in total. The van der Waals surface area contributed by atoms with Crippen molar-refractivity contribution in [1.29, 1.82) is 0 Å². The Morgan fingerprint density at radius 1 is 1.47 bits per heavy atom. The maximum atomic E-state index is 11.8. The molecule has 0 aromatic carbocycles. The quantitative estimate of drug-likeness (QED) is 0.742. The maximum absolute atomic E-state index is 11.8. The Bertz CT molecular complexity index is 291. The average molecular weight is 242 g/mol. The fourth-order valence-corrected chi connectivity index (χ4v) is 2.23. The summed E-state index contributed by atoms with van der Waals surface area (Å²) in [6, 6.07) is 0.118.